The Morgan fingerprint density at radius 1 is 1.12 bits per heavy atom. The zero-order valence-electron chi connectivity index (χ0n) is 9.39. The number of furan rings is 1. The molecular weight excluding hydrogens is 200 g/mol. The lowest BCUT2D eigenvalue weighted by atomic mass is 10.1. The van der Waals surface area contributed by atoms with E-state index in [-0.39, 0.29) is 6.10 Å². The first-order valence-electron chi connectivity index (χ1n) is 5.61. The lowest BCUT2D eigenvalue weighted by Crippen LogP contribution is -2.07. The standard InChI is InChI=1S/C14H16O2/c1-2-12(15)10-13-8-9-14(16-13)11-6-4-3-5-7-11/h3-9,12,15H,2,10H2,1H3. The molecule has 0 fully saturated rings. The van der Waals surface area contributed by atoms with E-state index in [0.717, 1.165) is 23.5 Å². The van der Waals surface area contributed by atoms with Gasteiger partial charge >= 0.3 is 0 Å². The highest BCUT2D eigenvalue weighted by molar-refractivity contribution is 5.57. The predicted molar refractivity (Wildman–Crippen MR) is 64.1 cm³/mol. The van der Waals surface area contributed by atoms with Crippen LogP contribution in [0.15, 0.2) is 46.9 Å². The quantitative estimate of drug-likeness (QED) is 0.851. The Labute approximate surface area is 95.5 Å². The van der Waals surface area contributed by atoms with Crippen LogP contribution in [0.4, 0.5) is 0 Å². The number of rotatable bonds is 4. The molecule has 0 amide bonds. The van der Waals surface area contributed by atoms with Gasteiger partial charge in [-0.15, -0.1) is 0 Å². The van der Waals surface area contributed by atoms with E-state index < -0.39 is 0 Å². The van der Waals surface area contributed by atoms with Crippen LogP contribution in [0.2, 0.25) is 0 Å². The second-order valence-electron chi connectivity index (χ2n) is 3.90. The smallest absolute Gasteiger partial charge is 0.134 e. The molecule has 0 spiro atoms. The molecule has 1 atom stereocenters. The molecule has 1 aromatic heterocycles. The van der Waals surface area contributed by atoms with Crippen LogP contribution in [0.1, 0.15) is 19.1 Å². The molecule has 1 N–H and O–H groups in total. The minimum absolute atomic E-state index is 0.310. The Hall–Kier alpha value is -1.54. The van der Waals surface area contributed by atoms with Crippen molar-refractivity contribution in [3.63, 3.8) is 0 Å². The van der Waals surface area contributed by atoms with Crippen LogP contribution in [0.3, 0.4) is 0 Å². The molecule has 2 nitrogen and oxygen atoms in total. The van der Waals surface area contributed by atoms with Gasteiger partial charge in [-0.2, -0.15) is 0 Å². The number of aliphatic hydroxyl groups excluding tert-OH is 1. The zero-order valence-corrected chi connectivity index (χ0v) is 9.39. The predicted octanol–water partition coefficient (Wildman–Crippen LogP) is 3.26. The minimum atomic E-state index is -0.310. The summed E-state index contributed by atoms with van der Waals surface area (Å²) in [6.45, 7) is 1.96. The molecule has 2 aromatic rings. The van der Waals surface area contributed by atoms with Gasteiger partial charge in [0.25, 0.3) is 0 Å². The lowest BCUT2D eigenvalue weighted by molar-refractivity contribution is 0.163. The van der Waals surface area contributed by atoms with Crippen LogP contribution < -0.4 is 0 Å². The second-order valence-corrected chi connectivity index (χ2v) is 3.90. The molecule has 0 saturated heterocycles. The van der Waals surface area contributed by atoms with Crippen LogP contribution in [0.5, 0.6) is 0 Å². The first-order chi connectivity index (χ1) is 7.79. The minimum Gasteiger partial charge on any atom is -0.461 e. The van der Waals surface area contributed by atoms with Gasteiger partial charge in [0.05, 0.1) is 6.10 Å². The van der Waals surface area contributed by atoms with Crippen molar-refractivity contribution in [1.29, 1.82) is 0 Å². The number of hydrogen-bond donors (Lipinski definition) is 1. The van der Waals surface area contributed by atoms with Crippen molar-refractivity contribution >= 4 is 0 Å². The number of benzene rings is 1. The van der Waals surface area contributed by atoms with Crippen LogP contribution in [0, 0.1) is 0 Å². The highest BCUT2D eigenvalue weighted by Gasteiger charge is 2.08. The first kappa shape index (κ1) is 11.0. The van der Waals surface area contributed by atoms with Crippen LogP contribution in [-0.2, 0) is 6.42 Å². The van der Waals surface area contributed by atoms with E-state index >= 15 is 0 Å². The van der Waals surface area contributed by atoms with Crippen LogP contribution in [0.25, 0.3) is 11.3 Å². The fourth-order valence-electron chi connectivity index (χ4n) is 1.62. The van der Waals surface area contributed by atoms with E-state index in [1.165, 1.54) is 0 Å². The van der Waals surface area contributed by atoms with Gasteiger partial charge in [0.15, 0.2) is 0 Å². The zero-order chi connectivity index (χ0) is 11.4. The van der Waals surface area contributed by atoms with Crippen molar-refractivity contribution in [2.75, 3.05) is 0 Å². The monoisotopic (exact) mass is 216 g/mol. The first-order valence-corrected chi connectivity index (χ1v) is 5.61. The summed E-state index contributed by atoms with van der Waals surface area (Å²) in [5.41, 5.74) is 1.07. The van der Waals surface area contributed by atoms with Crippen LogP contribution in [-0.4, -0.2) is 11.2 Å². The molecule has 0 saturated carbocycles. The van der Waals surface area contributed by atoms with E-state index in [2.05, 4.69) is 0 Å². The van der Waals surface area contributed by atoms with E-state index in [0.29, 0.717) is 6.42 Å². The van der Waals surface area contributed by atoms with E-state index in [9.17, 15) is 5.11 Å². The summed E-state index contributed by atoms with van der Waals surface area (Å²) < 4.78 is 5.68. The maximum absolute atomic E-state index is 9.53. The third-order valence-corrected chi connectivity index (χ3v) is 2.63. The molecule has 2 rings (SSSR count). The van der Waals surface area contributed by atoms with Gasteiger partial charge in [-0.3, -0.25) is 0 Å². The van der Waals surface area contributed by atoms with Crippen molar-refractivity contribution in [3.8, 4) is 11.3 Å². The molecule has 1 unspecified atom stereocenters. The van der Waals surface area contributed by atoms with Crippen molar-refractivity contribution in [3.05, 3.63) is 48.2 Å². The third-order valence-electron chi connectivity index (χ3n) is 2.63. The van der Waals surface area contributed by atoms with Gasteiger partial charge in [-0.25, -0.2) is 0 Å². The van der Waals surface area contributed by atoms with Crippen molar-refractivity contribution in [1.82, 2.24) is 0 Å². The van der Waals surface area contributed by atoms with Crippen molar-refractivity contribution < 1.29 is 9.52 Å². The maximum atomic E-state index is 9.53. The normalized spacial score (nSPS) is 12.6. The van der Waals surface area contributed by atoms with Gasteiger partial charge in [-0.05, 0) is 18.6 Å². The Morgan fingerprint density at radius 3 is 2.56 bits per heavy atom. The summed E-state index contributed by atoms with van der Waals surface area (Å²) in [5, 5.41) is 9.53. The third kappa shape index (κ3) is 2.52. The van der Waals surface area contributed by atoms with Crippen molar-refractivity contribution in [2.24, 2.45) is 0 Å². The van der Waals surface area contributed by atoms with Gasteiger partial charge in [0.2, 0.25) is 0 Å². The van der Waals surface area contributed by atoms with E-state index in [4.69, 9.17) is 4.42 Å². The van der Waals surface area contributed by atoms with E-state index in [1.807, 2.05) is 49.4 Å². The topological polar surface area (TPSA) is 33.4 Å². The fraction of sp³-hybridized carbons (Fsp3) is 0.286. The average molecular weight is 216 g/mol. The summed E-state index contributed by atoms with van der Waals surface area (Å²) in [5.74, 6) is 1.70. The summed E-state index contributed by atoms with van der Waals surface area (Å²) >= 11 is 0. The Bertz CT molecular complexity index is 431. The average Bonchev–Trinajstić information content (AvgIpc) is 2.78. The molecule has 0 aliphatic carbocycles. The molecule has 0 radical (unpaired) electrons. The summed E-state index contributed by atoms with van der Waals surface area (Å²) in [7, 11) is 0. The highest BCUT2D eigenvalue weighted by atomic mass is 16.3. The van der Waals surface area contributed by atoms with Gasteiger partial charge in [0.1, 0.15) is 11.5 Å². The Kier molecular flexibility index (Phi) is 3.42. The highest BCUT2D eigenvalue weighted by Crippen LogP contribution is 2.22. The fourth-order valence-corrected chi connectivity index (χ4v) is 1.62. The molecule has 0 aliphatic rings. The van der Waals surface area contributed by atoms with Gasteiger partial charge in [-0.1, -0.05) is 37.3 Å². The van der Waals surface area contributed by atoms with Gasteiger partial charge < -0.3 is 9.52 Å². The Balaban J connectivity index is 2.14. The second kappa shape index (κ2) is 4.99. The molecule has 2 heteroatoms. The largest absolute Gasteiger partial charge is 0.461 e. The summed E-state index contributed by atoms with van der Waals surface area (Å²) in [4.78, 5) is 0. The number of hydrogen-bond acceptors (Lipinski definition) is 2. The summed E-state index contributed by atoms with van der Waals surface area (Å²) in [6.07, 6.45) is 1.03. The Morgan fingerprint density at radius 2 is 1.88 bits per heavy atom. The number of aliphatic hydroxyl groups is 1. The molecule has 84 valence electrons. The molecule has 1 heterocycles. The van der Waals surface area contributed by atoms with Crippen molar-refractivity contribution in [2.45, 2.75) is 25.9 Å². The molecule has 0 aliphatic heterocycles. The lowest BCUT2D eigenvalue weighted by Gasteiger charge is -2.03. The van der Waals surface area contributed by atoms with Crippen LogP contribution >= 0.6 is 0 Å². The van der Waals surface area contributed by atoms with Gasteiger partial charge in [0, 0.05) is 12.0 Å². The van der Waals surface area contributed by atoms with E-state index in [1.54, 1.807) is 0 Å². The molecular formula is C14H16O2. The molecule has 1 aromatic carbocycles. The molecule has 16 heavy (non-hydrogen) atoms. The molecule has 0 bridgehead atoms. The SMILES string of the molecule is CCC(O)Cc1ccc(-c2ccccc2)o1. The summed E-state index contributed by atoms with van der Waals surface area (Å²) in [6, 6.07) is 13.9. The maximum Gasteiger partial charge on any atom is 0.134 e.